The van der Waals surface area contributed by atoms with Gasteiger partial charge in [-0.1, -0.05) is 0 Å². The SMILES string of the molecule is OCCCc1cnc(N2CCOCC2)s1. The first-order chi connectivity index (χ1) is 7.40. The Morgan fingerprint density at radius 2 is 2.27 bits per heavy atom. The van der Waals surface area contributed by atoms with Gasteiger partial charge in [-0.05, 0) is 12.8 Å². The Morgan fingerprint density at radius 1 is 1.47 bits per heavy atom. The van der Waals surface area contributed by atoms with E-state index in [1.54, 1.807) is 11.3 Å². The van der Waals surface area contributed by atoms with Crippen LogP contribution in [0.3, 0.4) is 0 Å². The maximum absolute atomic E-state index is 8.74. The number of aliphatic hydroxyl groups excluding tert-OH is 1. The summed E-state index contributed by atoms with van der Waals surface area (Å²) in [5.41, 5.74) is 0. The highest BCUT2D eigenvalue weighted by Crippen LogP contribution is 2.23. The van der Waals surface area contributed by atoms with Gasteiger partial charge in [-0.2, -0.15) is 0 Å². The quantitative estimate of drug-likeness (QED) is 0.832. The fourth-order valence-electron chi connectivity index (χ4n) is 1.57. The summed E-state index contributed by atoms with van der Waals surface area (Å²) >= 11 is 1.73. The first-order valence-electron chi connectivity index (χ1n) is 5.28. The molecule has 1 aliphatic rings. The molecule has 4 nitrogen and oxygen atoms in total. The van der Waals surface area contributed by atoms with Crippen molar-refractivity contribution in [2.45, 2.75) is 12.8 Å². The number of aliphatic hydroxyl groups is 1. The number of aromatic nitrogens is 1. The van der Waals surface area contributed by atoms with Gasteiger partial charge in [0.05, 0.1) is 13.2 Å². The molecule has 0 spiro atoms. The number of thiazole rings is 1. The molecule has 0 atom stereocenters. The van der Waals surface area contributed by atoms with Crippen LogP contribution in [0.25, 0.3) is 0 Å². The third kappa shape index (κ3) is 2.90. The van der Waals surface area contributed by atoms with Crippen molar-refractivity contribution >= 4 is 16.5 Å². The predicted octanol–water partition coefficient (Wildman–Crippen LogP) is 0.905. The number of rotatable bonds is 4. The van der Waals surface area contributed by atoms with Crippen molar-refractivity contribution in [2.24, 2.45) is 0 Å². The summed E-state index contributed by atoms with van der Waals surface area (Å²) < 4.78 is 5.30. The fourth-order valence-corrected chi connectivity index (χ4v) is 2.57. The molecule has 84 valence electrons. The lowest BCUT2D eigenvalue weighted by atomic mass is 10.3. The molecule has 2 heterocycles. The van der Waals surface area contributed by atoms with Crippen molar-refractivity contribution < 1.29 is 9.84 Å². The maximum atomic E-state index is 8.74. The highest BCUT2D eigenvalue weighted by atomic mass is 32.1. The van der Waals surface area contributed by atoms with E-state index in [1.807, 2.05) is 6.20 Å². The lowest BCUT2D eigenvalue weighted by Gasteiger charge is -2.25. The zero-order chi connectivity index (χ0) is 10.5. The van der Waals surface area contributed by atoms with Gasteiger partial charge in [0.25, 0.3) is 0 Å². The lowest BCUT2D eigenvalue weighted by molar-refractivity contribution is 0.122. The van der Waals surface area contributed by atoms with Crippen LogP contribution in [-0.4, -0.2) is 43.0 Å². The van der Waals surface area contributed by atoms with Crippen LogP contribution in [0.2, 0.25) is 0 Å². The number of ether oxygens (including phenoxy) is 1. The molecular formula is C10H16N2O2S. The number of aryl methyl sites for hydroxylation is 1. The van der Waals surface area contributed by atoms with Crippen LogP contribution in [0.1, 0.15) is 11.3 Å². The predicted molar refractivity (Wildman–Crippen MR) is 60.6 cm³/mol. The Kier molecular flexibility index (Phi) is 3.94. The van der Waals surface area contributed by atoms with Crippen LogP contribution in [0.5, 0.6) is 0 Å². The van der Waals surface area contributed by atoms with Crippen LogP contribution >= 0.6 is 11.3 Å². The van der Waals surface area contributed by atoms with Crippen LogP contribution in [0.4, 0.5) is 5.13 Å². The summed E-state index contributed by atoms with van der Waals surface area (Å²) in [5, 5.41) is 9.83. The Bertz CT molecular complexity index is 297. The van der Waals surface area contributed by atoms with Gasteiger partial charge < -0.3 is 14.7 Å². The molecule has 1 saturated heterocycles. The molecule has 0 unspecified atom stereocenters. The Morgan fingerprint density at radius 3 is 3.00 bits per heavy atom. The summed E-state index contributed by atoms with van der Waals surface area (Å²) in [4.78, 5) is 7.92. The Balaban J connectivity index is 1.93. The summed E-state index contributed by atoms with van der Waals surface area (Å²) in [6, 6.07) is 0. The van der Waals surface area contributed by atoms with E-state index in [2.05, 4.69) is 9.88 Å². The molecule has 0 aromatic carbocycles. The fraction of sp³-hybridized carbons (Fsp3) is 0.700. The monoisotopic (exact) mass is 228 g/mol. The topological polar surface area (TPSA) is 45.6 Å². The standard InChI is InChI=1S/C10H16N2O2S/c13-5-1-2-9-8-11-10(15-9)12-3-6-14-7-4-12/h8,13H,1-7H2. The summed E-state index contributed by atoms with van der Waals surface area (Å²) in [6.45, 7) is 3.72. The molecular weight excluding hydrogens is 212 g/mol. The molecule has 0 aliphatic carbocycles. The Labute approximate surface area is 93.5 Å². The van der Waals surface area contributed by atoms with E-state index in [-0.39, 0.29) is 6.61 Å². The molecule has 1 aliphatic heterocycles. The zero-order valence-electron chi connectivity index (χ0n) is 8.69. The summed E-state index contributed by atoms with van der Waals surface area (Å²) in [5.74, 6) is 0. The van der Waals surface area contributed by atoms with Gasteiger partial charge in [0, 0.05) is 30.8 Å². The van der Waals surface area contributed by atoms with E-state index in [1.165, 1.54) is 4.88 Å². The van der Waals surface area contributed by atoms with Crippen molar-refractivity contribution in [2.75, 3.05) is 37.8 Å². The second kappa shape index (κ2) is 5.44. The van der Waals surface area contributed by atoms with Crippen molar-refractivity contribution in [3.05, 3.63) is 11.1 Å². The van der Waals surface area contributed by atoms with Gasteiger partial charge in [-0.3, -0.25) is 0 Å². The van der Waals surface area contributed by atoms with E-state index in [9.17, 15) is 0 Å². The van der Waals surface area contributed by atoms with E-state index in [0.717, 1.165) is 44.3 Å². The Hall–Kier alpha value is -0.650. The lowest BCUT2D eigenvalue weighted by Crippen LogP contribution is -2.36. The minimum atomic E-state index is 0.255. The summed E-state index contributed by atoms with van der Waals surface area (Å²) in [7, 11) is 0. The zero-order valence-corrected chi connectivity index (χ0v) is 9.50. The van der Waals surface area contributed by atoms with E-state index >= 15 is 0 Å². The minimum Gasteiger partial charge on any atom is -0.396 e. The molecule has 1 fully saturated rings. The number of morpholine rings is 1. The number of hydrogen-bond donors (Lipinski definition) is 1. The van der Waals surface area contributed by atoms with Crippen LogP contribution in [0.15, 0.2) is 6.20 Å². The molecule has 1 aromatic rings. The number of anilines is 1. The largest absolute Gasteiger partial charge is 0.396 e. The molecule has 1 N–H and O–H groups in total. The molecule has 0 amide bonds. The molecule has 15 heavy (non-hydrogen) atoms. The maximum Gasteiger partial charge on any atom is 0.185 e. The highest BCUT2D eigenvalue weighted by molar-refractivity contribution is 7.15. The van der Waals surface area contributed by atoms with E-state index < -0.39 is 0 Å². The second-order valence-corrected chi connectivity index (χ2v) is 4.63. The van der Waals surface area contributed by atoms with Crippen molar-refractivity contribution in [3.8, 4) is 0 Å². The molecule has 0 saturated carbocycles. The molecule has 2 rings (SSSR count). The third-order valence-corrected chi connectivity index (χ3v) is 3.52. The van der Waals surface area contributed by atoms with Gasteiger partial charge in [0.15, 0.2) is 5.13 Å². The minimum absolute atomic E-state index is 0.255. The van der Waals surface area contributed by atoms with Crippen LogP contribution in [0, 0.1) is 0 Å². The normalized spacial score (nSPS) is 17.0. The highest BCUT2D eigenvalue weighted by Gasteiger charge is 2.14. The average molecular weight is 228 g/mol. The molecule has 0 radical (unpaired) electrons. The van der Waals surface area contributed by atoms with Gasteiger partial charge in [-0.25, -0.2) is 4.98 Å². The van der Waals surface area contributed by atoms with Gasteiger partial charge in [-0.15, -0.1) is 11.3 Å². The second-order valence-electron chi connectivity index (χ2n) is 3.54. The van der Waals surface area contributed by atoms with Gasteiger partial charge in [0.2, 0.25) is 0 Å². The van der Waals surface area contributed by atoms with Crippen molar-refractivity contribution in [1.82, 2.24) is 4.98 Å². The first kappa shape index (κ1) is 10.9. The summed E-state index contributed by atoms with van der Waals surface area (Å²) in [6.07, 6.45) is 3.67. The van der Waals surface area contributed by atoms with Gasteiger partial charge >= 0.3 is 0 Å². The molecule has 0 bridgehead atoms. The van der Waals surface area contributed by atoms with Gasteiger partial charge in [0.1, 0.15) is 0 Å². The van der Waals surface area contributed by atoms with Crippen LogP contribution in [-0.2, 0) is 11.2 Å². The smallest absolute Gasteiger partial charge is 0.185 e. The first-order valence-corrected chi connectivity index (χ1v) is 6.10. The number of nitrogens with zero attached hydrogens (tertiary/aromatic N) is 2. The van der Waals surface area contributed by atoms with Crippen LogP contribution < -0.4 is 4.90 Å². The average Bonchev–Trinajstić information content (AvgIpc) is 2.76. The molecule has 1 aromatic heterocycles. The molecule has 5 heteroatoms. The van der Waals surface area contributed by atoms with E-state index in [0.29, 0.717) is 0 Å². The van der Waals surface area contributed by atoms with Crippen molar-refractivity contribution in [1.29, 1.82) is 0 Å². The van der Waals surface area contributed by atoms with Crippen molar-refractivity contribution in [3.63, 3.8) is 0 Å². The third-order valence-electron chi connectivity index (χ3n) is 2.40. The number of hydrogen-bond acceptors (Lipinski definition) is 5. The van der Waals surface area contributed by atoms with E-state index in [4.69, 9.17) is 9.84 Å².